The molecule has 1 aliphatic heterocycles. The van der Waals surface area contributed by atoms with Gasteiger partial charge in [-0.2, -0.15) is 0 Å². The van der Waals surface area contributed by atoms with Crippen LogP contribution in [0.5, 0.6) is 0 Å². The van der Waals surface area contributed by atoms with E-state index in [0.717, 1.165) is 18.4 Å². The van der Waals surface area contributed by atoms with E-state index >= 15 is 0 Å². The Morgan fingerprint density at radius 2 is 1.80 bits per heavy atom. The minimum absolute atomic E-state index is 0.203. The van der Waals surface area contributed by atoms with E-state index in [9.17, 15) is 4.79 Å². The van der Waals surface area contributed by atoms with Crippen molar-refractivity contribution < 1.29 is 4.79 Å². The van der Waals surface area contributed by atoms with Crippen molar-refractivity contribution in [1.29, 1.82) is 0 Å². The molecule has 6 heteroatoms. The van der Waals surface area contributed by atoms with Crippen LogP contribution in [0, 0.1) is 0 Å². The summed E-state index contributed by atoms with van der Waals surface area (Å²) in [6.45, 7) is 0. The van der Waals surface area contributed by atoms with Crippen LogP contribution in [0.15, 0.2) is 53.5 Å². The molecule has 1 heterocycles. The fraction of sp³-hybridized carbons (Fsp3) is 0.263. The van der Waals surface area contributed by atoms with Crippen LogP contribution < -0.4 is 10.2 Å². The van der Waals surface area contributed by atoms with E-state index in [4.69, 9.17) is 28.2 Å². The topological polar surface area (TPSA) is 44.7 Å². The zero-order valence-electron chi connectivity index (χ0n) is 13.5. The summed E-state index contributed by atoms with van der Waals surface area (Å²) < 4.78 is 0. The Balaban J connectivity index is 1.78. The highest BCUT2D eigenvalue weighted by Gasteiger charge is 2.39. The summed E-state index contributed by atoms with van der Waals surface area (Å²) in [7, 11) is 0. The molecule has 4 nitrogen and oxygen atoms in total. The predicted molar refractivity (Wildman–Crippen MR) is 102 cm³/mol. The van der Waals surface area contributed by atoms with Crippen LogP contribution in [-0.2, 0) is 0 Å². The van der Waals surface area contributed by atoms with Crippen molar-refractivity contribution in [3.8, 4) is 0 Å². The lowest BCUT2D eigenvalue weighted by Gasteiger charge is -2.26. The molecule has 0 spiro atoms. The average molecular weight is 374 g/mol. The smallest absolute Gasteiger partial charge is 0.294 e. The average Bonchev–Trinajstić information content (AvgIpc) is 2.90. The van der Waals surface area contributed by atoms with Crippen molar-refractivity contribution in [3.63, 3.8) is 0 Å². The van der Waals surface area contributed by atoms with E-state index in [1.807, 2.05) is 30.3 Å². The highest BCUT2D eigenvalue weighted by Crippen LogP contribution is 2.36. The van der Waals surface area contributed by atoms with Gasteiger partial charge in [-0.05, 0) is 43.0 Å². The van der Waals surface area contributed by atoms with E-state index in [2.05, 4.69) is 5.32 Å². The summed E-state index contributed by atoms with van der Waals surface area (Å²) in [6.07, 6.45) is 3.35. The van der Waals surface area contributed by atoms with Gasteiger partial charge >= 0.3 is 6.03 Å². The first-order valence-corrected chi connectivity index (χ1v) is 9.07. The Morgan fingerprint density at radius 3 is 2.44 bits per heavy atom. The molecule has 1 saturated carbocycles. The first kappa shape index (κ1) is 16.4. The van der Waals surface area contributed by atoms with Gasteiger partial charge in [0.15, 0.2) is 0 Å². The van der Waals surface area contributed by atoms with Gasteiger partial charge in [-0.25, -0.2) is 4.79 Å². The van der Waals surface area contributed by atoms with Crippen LogP contribution >= 0.6 is 23.2 Å². The fourth-order valence-corrected chi connectivity index (χ4v) is 3.43. The molecule has 0 aromatic heterocycles. The lowest BCUT2D eigenvalue weighted by Crippen LogP contribution is -2.29. The highest BCUT2D eigenvalue weighted by atomic mass is 35.5. The molecule has 2 aromatic rings. The van der Waals surface area contributed by atoms with Gasteiger partial charge < -0.3 is 0 Å². The van der Waals surface area contributed by atoms with Crippen molar-refractivity contribution in [2.75, 3.05) is 4.90 Å². The van der Waals surface area contributed by atoms with Gasteiger partial charge in [0.1, 0.15) is 11.9 Å². The summed E-state index contributed by atoms with van der Waals surface area (Å²) in [4.78, 5) is 19.2. The van der Waals surface area contributed by atoms with Crippen molar-refractivity contribution >= 4 is 40.8 Å². The number of nitrogens with one attached hydrogen (secondary N) is 1. The van der Waals surface area contributed by atoms with Crippen LogP contribution in [0.1, 0.15) is 30.9 Å². The predicted octanol–water partition coefficient (Wildman–Crippen LogP) is 5.22. The Morgan fingerprint density at radius 1 is 1.04 bits per heavy atom. The van der Waals surface area contributed by atoms with Crippen molar-refractivity contribution in [1.82, 2.24) is 5.32 Å². The number of halogens is 2. The molecule has 0 bridgehead atoms. The number of benzene rings is 2. The van der Waals surface area contributed by atoms with Crippen molar-refractivity contribution in [2.24, 2.45) is 4.99 Å². The van der Waals surface area contributed by atoms with Crippen LogP contribution in [0.3, 0.4) is 0 Å². The molecule has 1 unspecified atom stereocenters. The Hall–Kier alpha value is -2.04. The van der Waals surface area contributed by atoms with Crippen LogP contribution in [0.2, 0.25) is 10.0 Å². The Bertz CT molecular complexity index is 834. The molecule has 1 saturated heterocycles. The second-order valence-electron chi connectivity index (χ2n) is 6.31. The lowest BCUT2D eigenvalue weighted by molar-refractivity contribution is 0.252. The van der Waals surface area contributed by atoms with Crippen LogP contribution in [0.25, 0.3) is 0 Å². The molecule has 2 aromatic carbocycles. The monoisotopic (exact) mass is 373 g/mol. The summed E-state index contributed by atoms with van der Waals surface area (Å²) in [5.41, 5.74) is 1.70. The first-order valence-electron chi connectivity index (χ1n) is 8.31. The highest BCUT2D eigenvalue weighted by molar-refractivity contribution is 6.42. The van der Waals surface area contributed by atoms with Crippen LogP contribution in [-0.4, -0.2) is 17.9 Å². The molecule has 128 valence electrons. The number of aliphatic imine (C=N–C) groups is 1. The molecule has 1 aliphatic carbocycles. The summed E-state index contributed by atoms with van der Waals surface area (Å²) >= 11 is 12.2. The maximum Gasteiger partial charge on any atom is 0.328 e. The fourth-order valence-electron chi connectivity index (χ4n) is 3.14. The minimum atomic E-state index is -0.286. The first-order chi connectivity index (χ1) is 12.1. The quantitative estimate of drug-likeness (QED) is 0.787. The Labute approximate surface area is 156 Å². The maximum atomic E-state index is 12.7. The van der Waals surface area contributed by atoms with E-state index in [0.29, 0.717) is 27.6 Å². The van der Waals surface area contributed by atoms with Gasteiger partial charge in [0.05, 0.1) is 16.1 Å². The minimum Gasteiger partial charge on any atom is -0.294 e. The second-order valence-corrected chi connectivity index (χ2v) is 7.13. The number of carbonyl (C=O) groups is 1. The molecule has 2 amide bonds. The van der Waals surface area contributed by atoms with Gasteiger partial charge in [-0.1, -0.05) is 53.5 Å². The molecule has 0 radical (unpaired) electrons. The zero-order chi connectivity index (χ0) is 17.4. The molecule has 25 heavy (non-hydrogen) atoms. The third-order valence-corrected chi connectivity index (χ3v) is 5.40. The molecule has 2 aliphatic rings. The third-order valence-electron chi connectivity index (χ3n) is 4.66. The van der Waals surface area contributed by atoms with Crippen molar-refractivity contribution in [3.05, 3.63) is 64.1 Å². The molecule has 2 fully saturated rings. The molecule has 1 atom stereocenters. The number of hydrogen-bond acceptors (Lipinski definition) is 2. The van der Waals surface area contributed by atoms with E-state index in [1.54, 1.807) is 23.1 Å². The number of hydrogen-bond donors (Lipinski definition) is 1. The third kappa shape index (κ3) is 3.12. The number of anilines is 1. The number of amidine groups is 1. The Kier molecular flexibility index (Phi) is 4.40. The summed E-state index contributed by atoms with van der Waals surface area (Å²) in [5, 5.41) is 3.83. The molecule has 4 rings (SSSR count). The van der Waals surface area contributed by atoms with Gasteiger partial charge in [0.25, 0.3) is 0 Å². The number of rotatable bonds is 3. The molecular weight excluding hydrogens is 357 g/mol. The number of nitrogens with zero attached hydrogens (tertiary/aromatic N) is 2. The zero-order valence-corrected chi connectivity index (χ0v) is 15.0. The number of urea groups is 1. The van der Waals surface area contributed by atoms with Crippen molar-refractivity contribution in [2.45, 2.75) is 31.3 Å². The van der Waals surface area contributed by atoms with E-state index in [-0.39, 0.29) is 12.1 Å². The van der Waals surface area contributed by atoms with Gasteiger partial charge in [-0.3, -0.25) is 15.2 Å². The molecular formula is C19H17Cl2N3O. The number of amides is 2. The SMILES string of the molecule is O=C1NC(=NC2CCC2)C(c2ccccc2)N1c1ccc(Cl)c(Cl)c1. The largest absolute Gasteiger partial charge is 0.328 e. The van der Waals surface area contributed by atoms with E-state index < -0.39 is 0 Å². The van der Waals surface area contributed by atoms with Gasteiger partial charge in [-0.15, -0.1) is 0 Å². The van der Waals surface area contributed by atoms with Gasteiger partial charge in [0.2, 0.25) is 0 Å². The van der Waals surface area contributed by atoms with Gasteiger partial charge in [0, 0.05) is 5.69 Å². The number of carbonyl (C=O) groups excluding carboxylic acids is 1. The summed E-state index contributed by atoms with van der Waals surface area (Å²) in [6, 6.07) is 14.9. The standard InChI is InChI=1S/C19H17Cl2N3O/c20-15-10-9-14(11-16(15)21)24-17(12-5-2-1-3-6-12)18(23-19(24)25)22-13-7-4-8-13/h1-3,5-6,9-11,13,17H,4,7-8H2,(H,22,23,25). The summed E-state index contributed by atoms with van der Waals surface area (Å²) in [5.74, 6) is 0.701. The normalized spacial score (nSPS) is 22.2. The van der Waals surface area contributed by atoms with Crippen LogP contribution in [0.4, 0.5) is 10.5 Å². The lowest BCUT2D eigenvalue weighted by atomic mass is 9.93. The molecule has 1 N–H and O–H groups in total. The maximum absolute atomic E-state index is 12.7. The van der Waals surface area contributed by atoms with E-state index in [1.165, 1.54) is 6.42 Å². The second kappa shape index (κ2) is 6.70.